The lowest BCUT2D eigenvalue weighted by atomic mass is 10.1. The largest absolute Gasteiger partial charge is 0.478 e. The number of ether oxygens (including phenoxy) is 1. The van der Waals surface area contributed by atoms with Crippen molar-refractivity contribution in [3.8, 4) is 22.7 Å². The van der Waals surface area contributed by atoms with Crippen LogP contribution < -0.4 is 4.74 Å². The van der Waals surface area contributed by atoms with Crippen molar-refractivity contribution >= 4 is 5.97 Å². The molecule has 0 aliphatic heterocycles. The maximum Gasteiger partial charge on any atom is 0.387 e. The van der Waals surface area contributed by atoms with Gasteiger partial charge in [-0.3, -0.25) is 4.98 Å². The molecule has 0 saturated heterocycles. The van der Waals surface area contributed by atoms with Crippen molar-refractivity contribution in [2.75, 3.05) is 0 Å². The number of alkyl halides is 2. The first kappa shape index (κ1) is 18.5. The second-order valence-electron chi connectivity index (χ2n) is 5.75. The highest BCUT2D eigenvalue weighted by Crippen LogP contribution is 2.33. The molecule has 0 atom stereocenters. The third-order valence-corrected chi connectivity index (χ3v) is 4.07. The first-order valence-corrected chi connectivity index (χ1v) is 8.24. The molecular formula is C19H17F2N3O3. The maximum absolute atomic E-state index is 12.8. The van der Waals surface area contributed by atoms with Crippen LogP contribution in [-0.2, 0) is 6.42 Å². The summed E-state index contributed by atoms with van der Waals surface area (Å²) in [5.41, 5.74) is 2.39. The second kappa shape index (κ2) is 7.53. The first-order valence-electron chi connectivity index (χ1n) is 8.24. The Bertz CT molecular complexity index is 972. The molecule has 0 unspecified atom stereocenters. The molecule has 0 spiro atoms. The number of hydrogen-bond acceptors (Lipinski definition) is 4. The number of halogens is 2. The number of aromatic carboxylic acids is 1. The summed E-state index contributed by atoms with van der Waals surface area (Å²) in [6.07, 6.45) is 1.99. The van der Waals surface area contributed by atoms with E-state index in [0.717, 1.165) is 0 Å². The van der Waals surface area contributed by atoms with Crippen LogP contribution in [0.4, 0.5) is 8.78 Å². The van der Waals surface area contributed by atoms with E-state index in [1.807, 2.05) is 6.92 Å². The van der Waals surface area contributed by atoms with Crippen LogP contribution in [0, 0.1) is 6.92 Å². The third kappa shape index (κ3) is 3.64. The molecule has 3 rings (SSSR count). The number of hydrogen-bond donors (Lipinski definition) is 1. The molecule has 2 heterocycles. The molecule has 0 aliphatic rings. The molecule has 3 aromatic rings. The molecule has 27 heavy (non-hydrogen) atoms. The van der Waals surface area contributed by atoms with Crippen LogP contribution in [0.15, 0.2) is 42.6 Å². The van der Waals surface area contributed by atoms with Crippen LogP contribution in [0.1, 0.15) is 28.7 Å². The van der Waals surface area contributed by atoms with E-state index in [2.05, 4.69) is 14.8 Å². The average Bonchev–Trinajstić information content (AvgIpc) is 2.99. The van der Waals surface area contributed by atoms with Crippen LogP contribution in [0.25, 0.3) is 16.9 Å². The van der Waals surface area contributed by atoms with Gasteiger partial charge in [0.2, 0.25) is 0 Å². The van der Waals surface area contributed by atoms with Crippen molar-refractivity contribution in [2.24, 2.45) is 0 Å². The molecule has 0 radical (unpaired) electrons. The Morgan fingerprint density at radius 1 is 1.30 bits per heavy atom. The lowest BCUT2D eigenvalue weighted by Gasteiger charge is -2.13. The Morgan fingerprint density at radius 3 is 2.67 bits per heavy atom. The van der Waals surface area contributed by atoms with Crippen LogP contribution in [0.3, 0.4) is 0 Å². The highest BCUT2D eigenvalue weighted by atomic mass is 19.3. The van der Waals surface area contributed by atoms with Gasteiger partial charge in [-0.25, -0.2) is 9.48 Å². The lowest BCUT2D eigenvalue weighted by Crippen LogP contribution is -2.07. The van der Waals surface area contributed by atoms with Gasteiger partial charge in [-0.2, -0.15) is 13.9 Å². The molecule has 0 bridgehead atoms. The fourth-order valence-electron chi connectivity index (χ4n) is 2.96. The van der Waals surface area contributed by atoms with Gasteiger partial charge in [0.15, 0.2) is 0 Å². The van der Waals surface area contributed by atoms with E-state index in [4.69, 9.17) is 0 Å². The van der Waals surface area contributed by atoms with Gasteiger partial charge in [-0.1, -0.05) is 13.0 Å². The van der Waals surface area contributed by atoms with E-state index in [-0.39, 0.29) is 11.3 Å². The van der Waals surface area contributed by atoms with Crippen molar-refractivity contribution < 1.29 is 23.4 Å². The predicted octanol–water partition coefficient (Wildman–Crippen LogP) is 4.10. The minimum atomic E-state index is -2.98. The molecule has 0 fully saturated rings. The molecule has 1 aromatic carbocycles. The number of aryl methyl sites for hydroxylation is 1. The molecule has 0 saturated carbocycles. The van der Waals surface area contributed by atoms with Gasteiger partial charge in [0.1, 0.15) is 11.3 Å². The highest BCUT2D eigenvalue weighted by molar-refractivity contribution is 5.90. The zero-order chi connectivity index (χ0) is 19.6. The van der Waals surface area contributed by atoms with Crippen molar-refractivity contribution in [1.29, 1.82) is 0 Å². The number of nitrogens with zero attached hydrogens (tertiary/aromatic N) is 3. The number of rotatable bonds is 6. The number of carboxylic acids is 1. The van der Waals surface area contributed by atoms with Crippen LogP contribution in [0.5, 0.6) is 5.75 Å². The summed E-state index contributed by atoms with van der Waals surface area (Å²) < 4.78 is 31.7. The van der Waals surface area contributed by atoms with E-state index < -0.39 is 12.6 Å². The number of carboxylic acid groups (broad SMARTS) is 1. The summed E-state index contributed by atoms with van der Waals surface area (Å²) in [7, 11) is 0. The van der Waals surface area contributed by atoms with Crippen LogP contribution in [0.2, 0.25) is 0 Å². The molecule has 1 N–H and O–H groups in total. The molecule has 6 nitrogen and oxygen atoms in total. The van der Waals surface area contributed by atoms with Gasteiger partial charge in [0.05, 0.1) is 22.8 Å². The lowest BCUT2D eigenvalue weighted by molar-refractivity contribution is -0.0494. The predicted molar refractivity (Wildman–Crippen MR) is 94.5 cm³/mol. The van der Waals surface area contributed by atoms with E-state index in [0.29, 0.717) is 34.8 Å². The summed E-state index contributed by atoms with van der Waals surface area (Å²) in [4.78, 5) is 15.7. The topological polar surface area (TPSA) is 77.2 Å². The smallest absolute Gasteiger partial charge is 0.387 e. The summed E-state index contributed by atoms with van der Waals surface area (Å²) in [6, 6.07) is 9.70. The van der Waals surface area contributed by atoms with Crippen molar-refractivity contribution in [3.63, 3.8) is 0 Å². The summed E-state index contributed by atoms with van der Waals surface area (Å²) in [6.45, 7) is 0.468. The molecule has 8 heteroatoms. The van der Waals surface area contributed by atoms with Crippen LogP contribution in [-0.4, -0.2) is 32.5 Å². The fraction of sp³-hybridized carbons (Fsp3) is 0.211. The van der Waals surface area contributed by atoms with E-state index in [1.54, 1.807) is 43.5 Å². The quantitative estimate of drug-likeness (QED) is 0.704. The van der Waals surface area contributed by atoms with Crippen molar-refractivity contribution in [1.82, 2.24) is 14.8 Å². The molecule has 2 aromatic heterocycles. The summed E-state index contributed by atoms with van der Waals surface area (Å²) in [5, 5.41) is 13.8. The number of aromatic nitrogens is 3. The van der Waals surface area contributed by atoms with Gasteiger partial charge in [-0.05, 0) is 43.7 Å². The van der Waals surface area contributed by atoms with E-state index >= 15 is 0 Å². The molecule has 140 valence electrons. The van der Waals surface area contributed by atoms with Crippen molar-refractivity contribution in [2.45, 2.75) is 26.9 Å². The summed E-state index contributed by atoms with van der Waals surface area (Å²) >= 11 is 0. The number of carbonyl (C=O) groups is 1. The Labute approximate surface area is 154 Å². The van der Waals surface area contributed by atoms with Gasteiger partial charge < -0.3 is 9.84 Å². The number of benzene rings is 1. The standard InChI is InChI=1S/C19H17F2N3O3/c1-3-15-17(18(25)26)11(2)23-24(15)12-7-8-16(27-19(20)21)13(10-12)14-6-4-5-9-22-14/h4-10,19H,3H2,1-2H3,(H,25,26). The zero-order valence-corrected chi connectivity index (χ0v) is 14.7. The first-order chi connectivity index (χ1) is 12.9. The molecular weight excluding hydrogens is 356 g/mol. The van der Waals surface area contributed by atoms with Crippen LogP contribution >= 0.6 is 0 Å². The molecule has 0 aliphatic carbocycles. The van der Waals surface area contributed by atoms with Gasteiger partial charge in [0, 0.05) is 11.8 Å². The van der Waals surface area contributed by atoms with E-state index in [1.165, 1.54) is 10.7 Å². The maximum atomic E-state index is 12.8. The number of pyridine rings is 1. The minimum absolute atomic E-state index is 0.0205. The summed E-state index contributed by atoms with van der Waals surface area (Å²) in [5.74, 6) is -1.08. The monoisotopic (exact) mass is 373 g/mol. The molecule has 0 amide bonds. The normalized spacial score (nSPS) is 11.0. The SMILES string of the molecule is CCc1c(C(=O)O)c(C)nn1-c1ccc(OC(F)F)c(-c2ccccn2)c1. The Balaban J connectivity index is 2.19. The van der Waals surface area contributed by atoms with Crippen molar-refractivity contribution in [3.05, 3.63) is 59.5 Å². The zero-order valence-electron chi connectivity index (χ0n) is 14.7. The second-order valence-corrected chi connectivity index (χ2v) is 5.75. The van der Waals surface area contributed by atoms with Gasteiger partial charge in [-0.15, -0.1) is 0 Å². The van der Waals surface area contributed by atoms with Gasteiger partial charge >= 0.3 is 12.6 Å². The van der Waals surface area contributed by atoms with E-state index in [9.17, 15) is 18.7 Å². The Hall–Kier alpha value is -3.29. The highest BCUT2D eigenvalue weighted by Gasteiger charge is 2.21. The minimum Gasteiger partial charge on any atom is -0.478 e. The fourth-order valence-corrected chi connectivity index (χ4v) is 2.96. The third-order valence-electron chi connectivity index (χ3n) is 4.07. The Morgan fingerprint density at radius 2 is 2.07 bits per heavy atom. The Kier molecular flexibility index (Phi) is 5.16. The van der Waals surface area contributed by atoms with Gasteiger partial charge in [0.25, 0.3) is 0 Å². The average molecular weight is 373 g/mol.